The average molecular weight is 286 g/mol. The lowest BCUT2D eigenvalue weighted by Gasteiger charge is -2.31. The molecule has 98 valence electrons. The third-order valence-corrected chi connectivity index (χ3v) is 4.61. The van der Waals surface area contributed by atoms with E-state index in [9.17, 15) is 5.11 Å². The molecule has 0 spiro atoms. The summed E-state index contributed by atoms with van der Waals surface area (Å²) in [7, 11) is 0. The fourth-order valence-corrected chi connectivity index (χ4v) is 3.62. The van der Waals surface area contributed by atoms with Crippen LogP contribution in [0.2, 0.25) is 5.15 Å². The van der Waals surface area contributed by atoms with Crippen LogP contribution in [0.3, 0.4) is 0 Å². The Hall–Kier alpha value is -0.620. The van der Waals surface area contributed by atoms with Crippen LogP contribution in [0.1, 0.15) is 18.5 Å². The minimum absolute atomic E-state index is 0.282. The summed E-state index contributed by atoms with van der Waals surface area (Å²) in [6, 6.07) is 0. The lowest BCUT2D eigenvalue weighted by atomic mass is 9.99. The van der Waals surface area contributed by atoms with E-state index in [2.05, 4.69) is 14.3 Å². The lowest BCUT2D eigenvalue weighted by molar-refractivity contribution is 0.115. The second-order valence-corrected chi connectivity index (χ2v) is 6.06. The molecule has 4 nitrogen and oxygen atoms in total. The first kappa shape index (κ1) is 12.4. The molecule has 0 aliphatic carbocycles. The number of imidazole rings is 1. The summed E-state index contributed by atoms with van der Waals surface area (Å²) >= 11 is 7.80. The van der Waals surface area contributed by atoms with E-state index in [4.69, 9.17) is 11.6 Å². The molecule has 18 heavy (non-hydrogen) atoms. The maximum atomic E-state index is 9.26. The zero-order valence-electron chi connectivity index (χ0n) is 10.0. The second kappa shape index (κ2) is 5.17. The van der Waals surface area contributed by atoms with Crippen LogP contribution in [0.4, 0.5) is 0 Å². The summed E-state index contributed by atoms with van der Waals surface area (Å²) in [5, 5.41) is 11.9. The van der Waals surface area contributed by atoms with Gasteiger partial charge in [0.1, 0.15) is 0 Å². The largest absolute Gasteiger partial charge is 0.396 e. The zero-order valence-corrected chi connectivity index (χ0v) is 11.6. The molecule has 1 atom stereocenters. The van der Waals surface area contributed by atoms with E-state index < -0.39 is 0 Å². The van der Waals surface area contributed by atoms with E-state index in [1.54, 1.807) is 11.3 Å². The molecule has 1 unspecified atom stereocenters. The van der Waals surface area contributed by atoms with Crippen LogP contribution in [0, 0.1) is 5.92 Å². The number of likely N-dealkylation sites (tertiary alicyclic amines) is 1. The van der Waals surface area contributed by atoms with Gasteiger partial charge >= 0.3 is 0 Å². The van der Waals surface area contributed by atoms with Crippen LogP contribution >= 0.6 is 22.9 Å². The van der Waals surface area contributed by atoms with Crippen LogP contribution in [0.5, 0.6) is 0 Å². The number of hydrogen-bond donors (Lipinski definition) is 1. The van der Waals surface area contributed by atoms with E-state index >= 15 is 0 Å². The van der Waals surface area contributed by atoms with E-state index in [-0.39, 0.29) is 6.61 Å². The van der Waals surface area contributed by atoms with Gasteiger partial charge in [-0.25, -0.2) is 4.98 Å². The van der Waals surface area contributed by atoms with Crippen molar-refractivity contribution in [1.82, 2.24) is 14.3 Å². The molecule has 6 heteroatoms. The van der Waals surface area contributed by atoms with Gasteiger partial charge in [0.15, 0.2) is 10.1 Å². The quantitative estimate of drug-likeness (QED) is 0.940. The zero-order chi connectivity index (χ0) is 12.5. The van der Waals surface area contributed by atoms with Gasteiger partial charge in [-0.2, -0.15) is 0 Å². The molecular weight excluding hydrogens is 270 g/mol. The summed E-state index contributed by atoms with van der Waals surface area (Å²) in [6.45, 7) is 3.12. The number of aliphatic hydroxyl groups excluding tert-OH is 1. The van der Waals surface area contributed by atoms with Gasteiger partial charge in [0.2, 0.25) is 0 Å². The first-order valence-corrected chi connectivity index (χ1v) is 7.47. The molecule has 1 N–H and O–H groups in total. The fourth-order valence-electron chi connectivity index (χ4n) is 2.60. The minimum Gasteiger partial charge on any atom is -0.396 e. The molecule has 1 fully saturated rings. The molecule has 0 bridgehead atoms. The maximum absolute atomic E-state index is 9.26. The summed E-state index contributed by atoms with van der Waals surface area (Å²) < 4.78 is 2.07. The monoisotopic (exact) mass is 285 g/mol. The average Bonchev–Trinajstić information content (AvgIpc) is 2.93. The van der Waals surface area contributed by atoms with Crippen molar-refractivity contribution in [3.63, 3.8) is 0 Å². The number of piperidine rings is 1. The van der Waals surface area contributed by atoms with E-state index in [0.717, 1.165) is 43.1 Å². The van der Waals surface area contributed by atoms with Crippen molar-refractivity contribution in [3.05, 3.63) is 22.4 Å². The third-order valence-electron chi connectivity index (χ3n) is 3.55. The fraction of sp³-hybridized carbons (Fsp3) is 0.583. The van der Waals surface area contributed by atoms with Gasteiger partial charge in [-0.05, 0) is 25.3 Å². The molecule has 0 radical (unpaired) electrons. The van der Waals surface area contributed by atoms with Gasteiger partial charge in [-0.15, -0.1) is 11.3 Å². The number of fused-ring (bicyclic) bond motifs is 1. The number of nitrogens with zero attached hydrogens (tertiary/aromatic N) is 3. The number of aromatic nitrogens is 2. The topological polar surface area (TPSA) is 40.8 Å². The first-order valence-electron chi connectivity index (χ1n) is 6.21. The van der Waals surface area contributed by atoms with Gasteiger partial charge in [0, 0.05) is 31.3 Å². The maximum Gasteiger partial charge on any atom is 0.195 e. The molecule has 1 saturated heterocycles. The van der Waals surface area contributed by atoms with E-state index in [1.165, 1.54) is 0 Å². The second-order valence-electron chi connectivity index (χ2n) is 4.83. The van der Waals surface area contributed by atoms with Gasteiger partial charge in [0.05, 0.1) is 5.69 Å². The first-order chi connectivity index (χ1) is 8.78. The van der Waals surface area contributed by atoms with Crippen LogP contribution in [0.25, 0.3) is 4.96 Å². The number of hydrogen-bond acceptors (Lipinski definition) is 4. The highest BCUT2D eigenvalue weighted by Gasteiger charge is 2.21. The molecule has 1 aliphatic rings. The molecular formula is C12H16ClN3OS. The molecule has 0 saturated carbocycles. The van der Waals surface area contributed by atoms with Crippen LogP contribution in [0.15, 0.2) is 11.6 Å². The molecule has 1 aliphatic heterocycles. The van der Waals surface area contributed by atoms with Gasteiger partial charge in [-0.3, -0.25) is 9.30 Å². The van der Waals surface area contributed by atoms with Gasteiger partial charge in [0.25, 0.3) is 0 Å². The normalized spacial score (nSPS) is 21.8. The Bertz CT molecular complexity index is 538. The number of thiazole rings is 1. The summed E-state index contributed by atoms with van der Waals surface area (Å²) in [5.41, 5.74) is 1.06. The minimum atomic E-state index is 0.282. The van der Waals surface area contributed by atoms with Crippen molar-refractivity contribution in [1.29, 1.82) is 0 Å². The van der Waals surface area contributed by atoms with Crippen molar-refractivity contribution in [3.8, 4) is 0 Å². The Kier molecular flexibility index (Phi) is 3.56. The van der Waals surface area contributed by atoms with Crippen LogP contribution in [-0.2, 0) is 6.54 Å². The van der Waals surface area contributed by atoms with Gasteiger partial charge < -0.3 is 5.11 Å². The molecule has 2 aromatic heterocycles. The van der Waals surface area contributed by atoms with Crippen molar-refractivity contribution in [2.24, 2.45) is 5.92 Å². The Balaban J connectivity index is 1.79. The van der Waals surface area contributed by atoms with E-state index in [0.29, 0.717) is 11.1 Å². The Morgan fingerprint density at radius 3 is 3.28 bits per heavy atom. The molecule has 3 heterocycles. The lowest BCUT2D eigenvalue weighted by Crippen LogP contribution is -2.36. The standard InChI is InChI=1S/C12H16ClN3OS/c13-11-10(16-4-5-18-12(16)14-11)7-15-3-1-2-9(6-15)8-17/h4-5,9,17H,1-3,6-8H2. The highest BCUT2D eigenvalue weighted by atomic mass is 35.5. The number of aliphatic hydroxyl groups is 1. The Labute approximate surface area is 115 Å². The van der Waals surface area contributed by atoms with E-state index in [1.807, 2.05) is 11.6 Å². The molecule has 0 aromatic carbocycles. The van der Waals surface area contributed by atoms with Gasteiger partial charge in [-0.1, -0.05) is 11.6 Å². The molecule has 0 amide bonds. The predicted molar refractivity (Wildman–Crippen MR) is 73.2 cm³/mol. The Morgan fingerprint density at radius 1 is 1.56 bits per heavy atom. The third kappa shape index (κ3) is 2.28. The van der Waals surface area contributed by atoms with Crippen molar-refractivity contribution >= 4 is 27.9 Å². The predicted octanol–water partition coefficient (Wildman–Crippen LogP) is 2.25. The highest BCUT2D eigenvalue weighted by Crippen LogP contribution is 2.24. The number of halogens is 1. The van der Waals surface area contributed by atoms with Crippen LogP contribution in [-0.4, -0.2) is 39.1 Å². The summed E-state index contributed by atoms with van der Waals surface area (Å²) in [4.78, 5) is 7.66. The summed E-state index contributed by atoms with van der Waals surface area (Å²) in [6.07, 6.45) is 4.29. The molecule has 2 aromatic rings. The van der Waals surface area contributed by atoms with Crippen LogP contribution < -0.4 is 0 Å². The SMILES string of the molecule is OCC1CCCN(Cc2c(Cl)nc3sccn23)C1. The molecule has 3 rings (SSSR count). The number of rotatable bonds is 3. The smallest absolute Gasteiger partial charge is 0.195 e. The summed E-state index contributed by atoms with van der Waals surface area (Å²) in [5.74, 6) is 0.406. The van der Waals surface area contributed by atoms with Crippen molar-refractivity contribution in [2.45, 2.75) is 19.4 Å². The highest BCUT2D eigenvalue weighted by molar-refractivity contribution is 7.15. The van der Waals surface area contributed by atoms with Crippen molar-refractivity contribution in [2.75, 3.05) is 19.7 Å². The Morgan fingerprint density at radius 2 is 2.44 bits per heavy atom. The van der Waals surface area contributed by atoms with Crippen molar-refractivity contribution < 1.29 is 5.11 Å².